The van der Waals surface area contributed by atoms with Gasteiger partial charge in [0.1, 0.15) is 11.6 Å². The quantitative estimate of drug-likeness (QED) is 0.281. The Kier molecular flexibility index (Phi) is 8.70. The molecule has 12 nitrogen and oxygen atoms in total. The molecule has 0 aliphatic carbocycles. The zero-order valence-corrected chi connectivity index (χ0v) is 24.4. The molecule has 0 saturated carbocycles. The Labute approximate surface area is 239 Å². The molecular formula is C29H36N6O6. The van der Waals surface area contributed by atoms with E-state index in [1.165, 1.54) is 0 Å². The summed E-state index contributed by atoms with van der Waals surface area (Å²) in [5.41, 5.74) is 1.50. The first-order valence-corrected chi connectivity index (χ1v) is 13.4. The van der Waals surface area contributed by atoms with E-state index in [0.717, 1.165) is 66.1 Å². The molecule has 2 aromatic carbocycles. The van der Waals surface area contributed by atoms with E-state index in [1.807, 2.05) is 12.1 Å². The standard InChI is InChI=1S/C29H36N6O6/c1-36-22-12-20-18(26(38-3)28(22)40-5)14-30-24(32-20)16-34-8-7-9-35(11-10-34)17-25-31-15-19-21(33-25)13-23(37-2)29(41-6)27(19)39-4/h12-15H,7-11,16-17H2,1-6H3. The predicted octanol–water partition coefficient (Wildman–Crippen LogP) is 3.33. The van der Waals surface area contributed by atoms with Gasteiger partial charge in [0.15, 0.2) is 23.0 Å². The van der Waals surface area contributed by atoms with E-state index in [-0.39, 0.29) is 0 Å². The highest BCUT2D eigenvalue weighted by molar-refractivity contribution is 5.90. The fraction of sp³-hybridized carbons (Fsp3) is 0.448. The van der Waals surface area contributed by atoms with E-state index in [4.69, 9.17) is 38.4 Å². The summed E-state index contributed by atoms with van der Waals surface area (Å²) in [6, 6.07) is 3.72. The van der Waals surface area contributed by atoms with E-state index in [9.17, 15) is 0 Å². The van der Waals surface area contributed by atoms with Crippen LogP contribution in [0.4, 0.5) is 0 Å². The van der Waals surface area contributed by atoms with Gasteiger partial charge in [0.25, 0.3) is 0 Å². The lowest BCUT2D eigenvalue weighted by atomic mass is 10.2. The number of nitrogens with zero attached hydrogens (tertiary/aromatic N) is 6. The first-order valence-electron chi connectivity index (χ1n) is 13.4. The van der Waals surface area contributed by atoms with Gasteiger partial charge in [-0.3, -0.25) is 9.80 Å². The van der Waals surface area contributed by atoms with E-state index in [0.29, 0.717) is 47.6 Å². The summed E-state index contributed by atoms with van der Waals surface area (Å²) in [5.74, 6) is 4.81. The van der Waals surface area contributed by atoms with Gasteiger partial charge in [-0.2, -0.15) is 0 Å². The van der Waals surface area contributed by atoms with Gasteiger partial charge in [-0.25, -0.2) is 19.9 Å². The average Bonchev–Trinajstić information content (AvgIpc) is 3.23. The molecule has 0 atom stereocenters. The maximum atomic E-state index is 5.59. The molecule has 1 aliphatic heterocycles. The van der Waals surface area contributed by atoms with Crippen LogP contribution in [0, 0.1) is 0 Å². The molecule has 1 saturated heterocycles. The highest BCUT2D eigenvalue weighted by atomic mass is 16.5. The van der Waals surface area contributed by atoms with Gasteiger partial charge in [-0.15, -0.1) is 0 Å². The first kappa shape index (κ1) is 28.4. The third-order valence-electron chi connectivity index (χ3n) is 7.29. The van der Waals surface area contributed by atoms with Crippen LogP contribution in [-0.4, -0.2) is 98.6 Å². The SMILES string of the molecule is COc1cc2nc(CN3CCCN(Cc4ncc5c(OC)c(OC)c(OC)cc5n4)CC3)ncc2c(OC)c1OC. The van der Waals surface area contributed by atoms with Crippen molar-refractivity contribution in [3.05, 3.63) is 36.2 Å². The molecule has 0 spiro atoms. The van der Waals surface area contributed by atoms with Gasteiger partial charge >= 0.3 is 0 Å². The van der Waals surface area contributed by atoms with Gasteiger partial charge in [-0.05, 0) is 19.5 Å². The minimum Gasteiger partial charge on any atom is -0.493 e. The fourth-order valence-corrected chi connectivity index (χ4v) is 5.27. The van der Waals surface area contributed by atoms with Gasteiger partial charge in [0.05, 0.1) is 77.6 Å². The van der Waals surface area contributed by atoms with Crippen LogP contribution in [0.25, 0.3) is 21.8 Å². The third kappa shape index (κ3) is 5.70. The third-order valence-corrected chi connectivity index (χ3v) is 7.29. The van der Waals surface area contributed by atoms with Crippen LogP contribution in [0.5, 0.6) is 34.5 Å². The summed E-state index contributed by atoms with van der Waals surface area (Å²) >= 11 is 0. The van der Waals surface area contributed by atoms with Crippen molar-refractivity contribution in [1.29, 1.82) is 0 Å². The van der Waals surface area contributed by atoms with Crippen molar-refractivity contribution in [3.8, 4) is 34.5 Å². The fourth-order valence-electron chi connectivity index (χ4n) is 5.27. The summed E-state index contributed by atoms with van der Waals surface area (Å²) in [6.07, 6.45) is 4.59. The van der Waals surface area contributed by atoms with Crippen molar-refractivity contribution < 1.29 is 28.4 Å². The Hall–Kier alpha value is -4.16. The van der Waals surface area contributed by atoms with Crippen LogP contribution in [-0.2, 0) is 13.1 Å². The number of ether oxygens (including phenoxy) is 6. The highest BCUT2D eigenvalue weighted by Gasteiger charge is 2.21. The molecule has 218 valence electrons. The molecule has 4 aromatic rings. The molecule has 2 aromatic heterocycles. The van der Waals surface area contributed by atoms with Crippen LogP contribution >= 0.6 is 0 Å². The summed E-state index contributed by atoms with van der Waals surface area (Å²) < 4.78 is 33.2. The lowest BCUT2D eigenvalue weighted by molar-refractivity contribution is 0.241. The van der Waals surface area contributed by atoms with Crippen molar-refractivity contribution >= 4 is 21.8 Å². The highest BCUT2D eigenvalue weighted by Crippen LogP contribution is 2.43. The van der Waals surface area contributed by atoms with Crippen molar-refractivity contribution in [1.82, 2.24) is 29.7 Å². The molecule has 0 N–H and O–H groups in total. The molecule has 0 unspecified atom stereocenters. The van der Waals surface area contributed by atoms with Crippen LogP contribution in [0.1, 0.15) is 18.1 Å². The van der Waals surface area contributed by atoms with Crippen LogP contribution in [0.2, 0.25) is 0 Å². The molecule has 1 fully saturated rings. The number of rotatable bonds is 10. The minimum atomic E-state index is 0.528. The molecule has 5 rings (SSSR count). The first-order chi connectivity index (χ1) is 20.0. The topological polar surface area (TPSA) is 113 Å². The monoisotopic (exact) mass is 564 g/mol. The second-order valence-corrected chi connectivity index (χ2v) is 9.63. The van der Waals surface area contributed by atoms with E-state index in [1.54, 1.807) is 55.1 Å². The largest absolute Gasteiger partial charge is 0.493 e. The molecule has 1 aliphatic rings. The van der Waals surface area contributed by atoms with Crippen LogP contribution < -0.4 is 28.4 Å². The van der Waals surface area contributed by atoms with Gasteiger partial charge in [0.2, 0.25) is 11.5 Å². The number of hydrogen-bond acceptors (Lipinski definition) is 12. The summed E-state index contributed by atoms with van der Waals surface area (Å²) in [6.45, 7) is 4.94. The number of hydrogen-bond donors (Lipinski definition) is 0. The smallest absolute Gasteiger partial charge is 0.204 e. The van der Waals surface area contributed by atoms with E-state index in [2.05, 4.69) is 19.8 Å². The lowest BCUT2D eigenvalue weighted by Crippen LogP contribution is -2.31. The number of methoxy groups -OCH3 is 6. The molecular weight excluding hydrogens is 528 g/mol. The molecule has 0 bridgehead atoms. The Morgan fingerprint density at radius 2 is 0.976 bits per heavy atom. The number of fused-ring (bicyclic) bond motifs is 2. The molecule has 41 heavy (non-hydrogen) atoms. The number of aromatic nitrogens is 4. The van der Waals surface area contributed by atoms with Crippen molar-refractivity contribution in [2.24, 2.45) is 0 Å². The van der Waals surface area contributed by atoms with Crippen molar-refractivity contribution in [2.75, 3.05) is 68.8 Å². The average molecular weight is 565 g/mol. The normalized spacial score (nSPS) is 14.6. The van der Waals surface area contributed by atoms with E-state index < -0.39 is 0 Å². The molecule has 0 radical (unpaired) electrons. The van der Waals surface area contributed by atoms with Crippen molar-refractivity contribution in [2.45, 2.75) is 19.5 Å². The molecule has 12 heteroatoms. The van der Waals surface area contributed by atoms with Crippen LogP contribution in [0.15, 0.2) is 24.5 Å². The summed E-state index contributed by atoms with van der Waals surface area (Å²) in [7, 11) is 9.57. The summed E-state index contributed by atoms with van der Waals surface area (Å²) in [5, 5.41) is 1.56. The Balaban J connectivity index is 1.28. The van der Waals surface area contributed by atoms with Gasteiger partial charge in [-0.1, -0.05) is 0 Å². The Morgan fingerprint density at radius 1 is 0.561 bits per heavy atom. The maximum Gasteiger partial charge on any atom is 0.204 e. The zero-order valence-electron chi connectivity index (χ0n) is 24.4. The van der Waals surface area contributed by atoms with Gasteiger partial charge in [0, 0.05) is 37.6 Å². The van der Waals surface area contributed by atoms with Crippen molar-refractivity contribution in [3.63, 3.8) is 0 Å². The lowest BCUT2D eigenvalue weighted by Gasteiger charge is -2.21. The van der Waals surface area contributed by atoms with Crippen LogP contribution in [0.3, 0.4) is 0 Å². The predicted molar refractivity (Wildman–Crippen MR) is 154 cm³/mol. The maximum absolute atomic E-state index is 5.59. The Morgan fingerprint density at radius 3 is 1.34 bits per heavy atom. The minimum absolute atomic E-state index is 0.528. The summed E-state index contributed by atoms with van der Waals surface area (Å²) in [4.78, 5) is 23.7. The molecule has 3 heterocycles. The number of benzene rings is 2. The second-order valence-electron chi connectivity index (χ2n) is 9.63. The molecule has 0 amide bonds. The van der Waals surface area contributed by atoms with Gasteiger partial charge < -0.3 is 28.4 Å². The van der Waals surface area contributed by atoms with E-state index >= 15 is 0 Å². The second kappa shape index (κ2) is 12.6. The Bertz CT molecular complexity index is 1420. The zero-order chi connectivity index (χ0) is 28.9.